The van der Waals surface area contributed by atoms with E-state index in [-0.39, 0.29) is 12.4 Å². The van der Waals surface area contributed by atoms with Crippen LogP contribution in [0.2, 0.25) is 0 Å². The van der Waals surface area contributed by atoms with E-state index in [1.807, 2.05) is 20.2 Å². The largest absolute Gasteiger partial charge is 0.309 e. The van der Waals surface area contributed by atoms with Gasteiger partial charge in [-0.3, -0.25) is 0 Å². The minimum Gasteiger partial charge on any atom is -0.309 e. The summed E-state index contributed by atoms with van der Waals surface area (Å²) in [5.74, 6) is 0. The lowest BCUT2D eigenvalue weighted by Crippen LogP contribution is -2.15. The van der Waals surface area contributed by atoms with E-state index in [9.17, 15) is 8.42 Å². The van der Waals surface area contributed by atoms with Gasteiger partial charge in [-0.1, -0.05) is 18.2 Å². The third-order valence-electron chi connectivity index (χ3n) is 2.89. The Balaban J connectivity index is 0.00000200. The molecule has 2 aromatic rings. The number of hydrogen-bond donors (Lipinski definition) is 0. The maximum atomic E-state index is 12.3. The van der Waals surface area contributed by atoms with Crippen molar-refractivity contribution in [2.45, 2.75) is 11.3 Å². The van der Waals surface area contributed by atoms with E-state index in [4.69, 9.17) is 0 Å². The molecular formula is C14H19ClN2O2S. The van der Waals surface area contributed by atoms with Gasteiger partial charge >= 0.3 is 0 Å². The van der Waals surface area contributed by atoms with E-state index >= 15 is 0 Å². The van der Waals surface area contributed by atoms with Crippen LogP contribution in [0.1, 0.15) is 5.56 Å². The van der Waals surface area contributed by atoms with E-state index in [2.05, 4.69) is 4.90 Å². The summed E-state index contributed by atoms with van der Waals surface area (Å²) in [4.78, 5) is 2.38. The Labute approximate surface area is 126 Å². The van der Waals surface area contributed by atoms with Crippen molar-refractivity contribution in [1.29, 1.82) is 0 Å². The summed E-state index contributed by atoms with van der Waals surface area (Å²) in [5, 5.41) is 0. The summed E-state index contributed by atoms with van der Waals surface area (Å²) in [7, 11) is 0.542. The highest BCUT2D eigenvalue weighted by molar-refractivity contribution is 7.90. The van der Waals surface area contributed by atoms with Gasteiger partial charge < -0.3 is 4.90 Å². The molecule has 20 heavy (non-hydrogen) atoms. The van der Waals surface area contributed by atoms with Crippen molar-refractivity contribution >= 4 is 22.4 Å². The lowest BCUT2D eigenvalue weighted by atomic mass is 10.2. The summed E-state index contributed by atoms with van der Waals surface area (Å²) in [6, 6.07) is 10.3. The normalized spacial score (nSPS) is 11.3. The number of likely N-dealkylation sites (N-methyl/N-ethyl adjacent to an activating group) is 1. The quantitative estimate of drug-likeness (QED) is 0.850. The van der Waals surface area contributed by atoms with Crippen LogP contribution in [-0.4, -0.2) is 37.9 Å². The summed E-state index contributed by atoms with van der Waals surface area (Å²) in [6.07, 6.45) is 4.13. The summed E-state index contributed by atoms with van der Waals surface area (Å²) >= 11 is 0. The third kappa shape index (κ3) is 3.85. The first-order valence-corrected chi connectivity index (χ1v) is 7.56. The predicted octanol–water partition coefficient (Wildman–Crippen LogP) is 2.25. The van der Waals surface area contributed by atoms with Crippen LogP contribution < -0.4 is 0 Å². The molecule has 0 bridgehead atoms. The highest BCUT2D eigenvalue weighted by Gasteiger charge is 2.15. The monoisotopic (exact) mass is 314 g/mol. The second-order valence-corrected chi connectivity index (χ2v) is 6.56. The molecule has 0 aliphatic heterocycles. The fraction of sp³-hybridized carbons (Fsp3) is 0.286. The van der Waals surface area contributed by atoms with Crippen molar-refractivity contribution in [2.24, 2.45) is 0 Å². The van der Waals surface area contributed by atoms with Crippen LogP contribution in [0.5, 0.6) is 0 Å². The SMILES string of the molecule is CN(C)CCc1ccn(S(=O)(=O)c2ccccc2)c1.Cl. The first kappa shape index (κ1) is 16.8. The van der Waals surface area contributed by atoms with Gasteiger partial charge in [-0.15, -0.1) is 12.4 Å². The van der Waals surface area contributed by atoms with Gasteiger partial charge in [0.25, 0.3) is 10.0 Å². The smallest absolute Gasteiger partial charge is 0.267 e. The van der Waals surface area contributed by atoms with Gasteiger partial charge in [0, 0.05) is 18.9 Å². The van der Waals surface area contributed by atoms with Crippen LogP contribution in [0, 0.1) is 0 Å². The average molecular weight is 315 g/mol. The molecule has 1 aromatic heterocycles. The first-order chi connectivity index (χ1) is 9.00. The van der Waals surface area contributed by atoms with Gasteiger partial charge in [0.05, 0.1) is 4.90 Å². The zero-order chi connectivity index (χ0) is 13.9. The fourth-order valence-electron chi connectivity index (χ4n) is 1.78. The molecule has 0 N–H and O–H groups in total. The Morgan fingerprint density at radius 3 is 2.35 bits per heavy atom. The molecule has 2 rings (SSSR count). The van der Waals surface area contributed by atoms with E-state index in [1.54, 1.807) is 42.7 Å². The van der Waals surface area contributed by atoms with Crippen LogP contribution in [-0.2, 0) is 16.4 Å². The number of halogens is 1. The summed E-state index contributed by atoms with van der Waals surface area (Å²) in [5.41, 5.74) is 1.02. The summed E-state index contributed by atoms with van der Waals surface area (Å²) < 4.78 is 26.0. The van der Waals surface area contributed by atoms with Crippen molar-refractivity contribution < 1.29 is 8.42 Å². The molecular weight excluding hydrogens is 296 g/mol. The van der Waals surface area contributed by atoms with Crippen molar-refractivity contribution in [1.82, 2.24) is 8.87 Å². The lowest BCUT2D eigenvalue weighted by Gasteiger charge is -2.07. The van der Waals surface area contributed by atoms with Gasteiger partial charge in [0.15, 0.2) is 0 Å². The highest BCUT2D eigenvalue weighted by Crippen LogP contribution is 2.14. The number of aromatic nitrogens is 1. The molecule has 0 spiro atoms. The molecule has 1 aromatic carbocycles. The van der Waals surface area contributed by atoms with Crippen molar-refractivity contribution in [2.75, 3.05) is 20.6 Å². The lowest BCUT2D eigenvalue weighted by molar-refractivity contribution is 0.413. The van der Waals surface area contributed by atoms with Crippen LogP contribution in [0.4, 0.5) is 0 Å². The highest BCUT2D eigenvalue weighted by atomic mass is 35.5. The molecule has 0 radical (unpaired) electrons. The van der Waals surface area contributed by atoms with E-state index in [0.717, 1.165) is 18.5 Å². The number of benzene rings is 1. The van der Waals surface area contributed by atoms with E-state index < -0.39 is 10.0 Å². The second kappa shape index (κ2) is 6.92. The molecule has 0 unspecified atom stereocenters. The van der Waals surface area contributed by atoms with Gasteiger partial charge in [0.1, 0.15) is 0 Å². The minimum atomic E-state index is -3.45. The Morgan fingerprint density at radius 2 is 1.75 bits per heavy atom. The molecule has 0 fully saturated rings. The first-order valence-electron chi connectivity index (χ1n) is 6.12. The molecule has 4 nitrogen and oxygen atoms in total. The Bertz CT molecular complexity index is 636. The molecule has 110 valence electrons. The minimum absolute atomic E-state index is 0. The zero-order valence-electron chi connectivity index (χ0n) is 11.6. The van der Waals surface area contributed by atoms with Crippen LogP contribution >= 0.6 is 12.4 Å². The number of rotatable bonds is 5. The van der Waals surface area contributed by atoms with Crippen molar-refractivity contribution in [3.63, 3.8) is 0 Å². The predicted molar refractivity (Wildman–Crippen MR) is 83.0 cm³/mol. The van der Waals surface area contributed by atoms with Crippen LogP contribution in [0.25, 0.3) is 0 Å². The van der Waals surface area contributed by atoms with Crippen LogP contribution in [0.15, 0.2) is 53.7 Å². The van der Waals surface area contributed by atoms with Crippen molar-refractivity contribution in [3.8, 4) is 0 Å². The standard InChI is InChI=1S/C14H18N2O2S.ClH/c1-15(2)10-8-13-9-11-16(12-13)19(17,18)14-6-4-3-5-7-14;/h3-7,9,11-12H,8,10H2,1-2H3;1H. The van der Waals surface area contributed by atoms with Crippen LogP contribution in [0.3, 0.4) is 0 Å². The molecule has 0 saturated carbocycles. The topological polar surface area (TPSA) is 42.3 Å². The number of nitrogens with zero attached hydrogens (tertiary/aromatic N) is 2. The molecule has 1 heterocycles. The van der Waals surface area contributed by atoms with Gasteiger partial charge in [-0.25, -0.2) is 12.4 Å². The van der Waals surface area contributed by atoms with Gasteiger partial charge in [-0.05, 0) is 44.3 Å². The Morgan fingerprint density at radius 1 is 1.10 bits per heavy atom. The Hall–Kier alpha value is -1.30. The average Bonchev–Trinajstić information content (AvgIpc) is 2.87. The molecule has 0 amide bonds. The Kier molecular flexibility index (Phi) is 5.80. The third-order valence-corrected chi connectivity index (χ3v) is 4.54. The van der Waals surface area contributed by atoms with E-state index in [1.165, 1.54) is 3.97 Å². The maximum absolute atomic E-state index is 12.3. The van der Waals surface area contributed by atoms with E-state index in [0.29, 0.717) is 4.90 Å². The fourth-order valence-corrected chi connectivity index (χ4v) is 3.02. The maximum Gasteiger partial charge on any atom is 0.267 e. The molecule has 0 saturated heterocycles. The molecule has 6 heteroatoms. The van der Waals surface area contributed by atoms with Gasteiger partial charge in [-0.2, -0.15) is 0 Å². The molecule has 0 aliphatic rings. The summed E-state index contributed by atoms with van der Waals surface area (Å²) in [6.45, 7) is 0.898. The van der Waals surface area contributed by atoms with Crippen molar-refractivity contribution in [3.05, 3.63) is 54.4 Å². The number of hydrogen-bond acceptors (Lipinski definition) is 3. The molecule has 0 atom stereocenters. The van der Waals surface area contributed by atoms with Gasteiger partial charge in [0.2, 0.25) is 0 Å². The second-order valence-electron chi connectivity index (χ2n) is 4.72. The molecule has 0 aliphatic carbocycles. The zero-order valence-corrected chi connectivity index (χ0v) is 13.2.